The molecular formula is C15H26N2O4. The zero-order valence-corrected chi connectivity index (χ0v) is 13.0. The normalized spacial score (nSPS) is 25.6. The Morgan fingerprint density at radius 3 is 2.57 bits per heavy atom. The van der Waals surface area contributed by atoms with Crippen LogP contribution < -0.4 is 5.32 Å². The number of carbonyl (C=O) groups is 2. The summed E-state index contributed by atoms with van der Waals surface area (Å²) >= 11 is 0. The molecule has 2 fully saturated rings. The minimum absolute atomic E-state index is 0.0369. The monoisotopic (exact) mass is 298 g/mol. The lowest BCUT2D eigenvalue weighted by Crippen LogP contribution is -2.46. The number of rotatable bonds is 7. The maximum atomic E-state index is 12.4. The lowest BCUT2D eigenvalue weighted by molar-refractivity contribution is -0.142. The van der Waals surface area contributed by atoms with Crippen molar-refractivity contribution in [3.63, 3.8) is 0 Å². The van der Waals surface area contributed by atoms with Crippen LogP contribution in [0.1, 0.15) is 38.5 Å². The van der Waals surface area contributed by atoms with Crippen LogP contribution >= 0.6 is 0 Å². The Labute approximate surface area is 126 Å². The molecule has 0 aromatic heterocycles. The van der Waals surface area contributed by atoms with Gasteiger partial charge in [-0.25, -0.2) is 0 Å². The van der Waals surface area contributed by atoms with Crippen molar-refractivity contribution < 1.29 is 19.1 Å². The first-order valence-electron chi connectivity index (χ1n) is 7.78. The summed E-state index contributed by atoms with van der Waals surface area (Å²) in [6.45, 7) is 0.969. The van der Waals surface area contributed by atoms with Crippen LogP contribution in [0.15, 0.2) is 0 Å². The van der Waals surface area contributed by atoms with Gasteiger partial charge in [0.25, 0.3) is 0 Å². The molecule has 6 nitrogen and oxygen atoms in total. The van der Waals surface area contributed by atoms with Crippen molar-refractivity contribution in [3.8, 4) is 0 Å². The van der Waals surface area contributed by atoms with Crippen molar-refractivity contribution in [2.45, 2.75) is 56.7 Å². The zero-order chi connectivity index (χ0) is 15.2. The second-order valence-electron chi connectivity index (χ2n) is 5.87. The predicted octanol–water partition coefficient (Wildman–Crippen LogP) is 0.698. The smallest absolute Gasteiger partial charge is 0.247 e. The maximum absolute atomic E-state index is 12.4. The topological polar surface area (TPSA) is 67.9 Å². The van der Waals surface area contributed by atoms with E-state index >= 15 is 0 Å². The van der Waals surface area contributed by atoms with Gasteiger partial charge in [-0.3, -0.25) is 14.5 Å². The molecule has 1 aliphatic carbocycles. The van der Waals surface area contributed by atoms with Crippen molar-refractivity contribution in [1.29, 1.82) is 0 Å². The highest BCUT2D eigenvalue weighted by molar-refractivity contribution is 6.05. The lowest BCUT2D eigenvalue weighted by atomic mass is 9.94. The van der Waals surface area contributed by atoms with E-state index < -0.39 is 6.04 Å². The van der Waals surface area contributed by atoms with Gasteiger partial charge < -0.3 is 14.8 Å². The molecule has 2 rings (SSSR count). The van der Waals surface area contributed by atoms with Gasteiger partial charge in [0.1, 0.15) is 0 Å². The average Bonchev–Trinajstić information content (AvgIpc) is 2.78. The van der Waals surface area contributed by atoms with Gasteiger partial charge in [0.05, 0.1) is 25.2 Å². The molecule has 2 aliphatic rings. The molecule has 0 radical (unpaired) electrons. The molecule has 1 N–H and O–H groups in total. The molecule has 2 amide bonds. The van der Waals surface area contributed by atoms with Crippen LogP contribution in [-0.4, -0.2) is 62.3 Å². The van der Waals surface area contributed by atoms with Crippen molar-refractivity contribution in [2.75, 3.05) is 27.4 Å². The number of imide groups is 1. The van der Waals surface area contributed by atoms with E-state index in [2.05, 4.69) is 5.32 Å². The number of amides is 2. The maximum Gasteiger partial charge on any atom is 0.247 e. The van der Waals surface area contributed by atoms with Crippen molar-refractivity contribution in [3.05, 3.63) is 0 Å². The van der Waals surface area contributed by atoms with Crippen molar-refractivity contribution in [1.82, 2.24) is 10.2 Å². The molecule has 21 heavy (non-hydrogen) atoms. The quantitative estimate of drug-likeness (QED) is 0.701. The fourth-order valence-electron chi connectivity index (χ4n) is 3.20. The van der Waals surface area contributed by atoms with E-state index in [1.807, 2.05) is 0 Å². The van der Waals surface area contributed by atoms with Crippen molar-refractivity contribution in [2.24, 2.45) is 0 Å². The predicted molar refractivity (Wildman–Crippen MR) is 77.8 cm³/mol. The summed E-state index contributed by atoms with van der Waals surface area (Å²) in [5.74, 6) is -0.107. The number of carbonyl (C=O) groups excluding carboxylic acids is 2. The second kappa shape index (κ2) is 7.87. The summed E-state index contributed by atoms with van der Waals surface area (Å²) in [6, 6.07) is -0.295. The molecule has 1 heterocycles. The van der Waals surface area contributed by atoms with E-state index in [0.717, 1.165) is 25.7 Å². The van der Waals surface area contributed by atoms with E-state index in [-0.39, 0.29) is 30.4 Å². The Morgan fingerprint density at radius 2 is 1.95 bits per heavy atom. The van der Waals surface area contributed by atoms with E-state index in [0.29, 0.717) is 13.2 Å². The van der Waals surface area contributed by atoms with Crippen LogP contribution in [0.3, 0.4) is 0 Å². The second-order valence-corrected chi connectivity index (χ2v) is 5.87. The standard InChI is InChI=1S/C15H26N2O4/c1-20-10-12(21-2)9-16-13-8-14(18)17(15(13)19)11-6-4-3-5-7-11/h11-13,16H,3-10H2,1-2H3. The van der Waals surface area contributed by atoms with E-state index in [4.69, 9.17) is 9.47 Å². The van der Waals surface area contributed by atoms with Gasteiger partial charge in [-0.2, -0.15) is 0 Å². The van der Waals surface area contributed by atoms with Gasteiger partial charge in [0, 0.05) is 26.8 Å². The van der Waals surface area contributed by atoms with Crippen LogP contribution in [0, 0.1) is 0 Å². The molecule has 0 aromatic carbocycles. The molecule has 2 unspecified atom stereocenters. The molecule has 1 saturated heterocycles. The Bertz CT molecular complexity index is 369. The first-order chi connectivity index (χ1) is 10.2. The number of ether oxygens (including phenoxy) is 2. The number of hydrogen-bond donors (Lipinski definition) is 1. The molecule has 1 saturated carbocycles. The molecule has 0 bridgehead atoms. The molecular weight excluding hydrogens is 272 g/mol. The SMILES string of the molecule is COCC(CNC1CC(=O)N(C2CCCCC2)C1=O)OC. The van der Waals surface area contributed by atoms with Crippen LogP contribution in [-0.2, 0) is 19.1 Å². The summed E-state index contributed by atoms with van der Waals surface area (Å²) < 4.78 is 10.3. The Morgan fingerprint density at radius 1 is 1.24 bits per heavy atom. The van der Waals surface area contributed by atoms with Gasteiger partial charge >= 0.3 is 0 Å². The Balaban J connectivity index is 1.88. The summed E-state index contributed by atoms with van der Waals surface area (Å²) in [5.41, 5.74) is 0. The molecule has 1 aliphatic heterocycles. The highest BCUT2D eigenvalue weighted by Gasteiger charge is 2.42. The third-order valence-electron chi connectivity index (χ3n) is 4.40. The third kappa shape index (κ3) is 4.02. The van der Waals surface area contributed by atoms with Gasteiger partial charge in [-0.15, -0.1) is 0 Å². The zero-order valence-electron chi connectivity index (χ0n) is 13.0. The number of hydrogen-bond acceptors (Lipinski definition) is 5. The number of nitrogens with one attached hydrogen (secondary N) is 1. The molecule has 2 atom stereocenters. The lowest BCUT2D eigenvalue weighted by Gasteiger charge is -2.29. The molecule has 6 heteroatoms. The Hall–Kier alpha value is -0.980. The summed E-state index contributed by atoms with van der Waals surface area (Å²) in [4.78, 5) is 26.1. The fraction of sp³-hybridized carbons (Fsp3) is 0.867. The number of nitrogens with zero attached hydrogens (tertiary/aromatic N) is 1. The van der Waals surface area contributed by atoms with Gasteiger partial charge in [0.15, 0.2) is 0 Å². The van der Waals surface area contributed by atoms with Crippen LogP contribution in [0.4, 0.5) is 0 Å². The van der Waals surface area contributed by atoms with Crippen LogP contribution in [0.5, 0.6) is 0 Å². The van der Waals surface area contributed by atoms with E-state index in [9.17, 15) is 9.59 Å². The largest absolute Gasteiger partial charge is 0.382 e. The molecule has 0 aromatic rings. The summed E-state index contributed by atoms with van der Waals surface area (Å²) in [6.07, 6.45) is 5.49. The first-order valence-corrected chi connectivity index (χ1v) is 7.78. The highest BCUT2D eigenvalue weighted by atomic mass is 16.5. The fourth-order valence-corrected chi connectivity index (χ4v) is 3.20. The Kier molecular flexibility index (Phi) is 6.14. The van der Waals surface area contributed by atoms with Gasteiger partial charge in [-0.05, 0) is 12.8 Å². The van der Waals surface area contributed by atoms with E-state index in [1.54, 1.807) is 14.2 Å². The summed E-state index contributed by atoms with van der Waals surface area (Å²) in [5, 5.41) is 3.15. The van der Waals surface area contributed by atoms with Crippen LogP contribution in [0.25, 0.3) is 0 Å². The first kappa shape index (κ1) is 16.4. The van der Waals surface area contributed by atoms with Crippen LogP contribution in [0.2, 0.25) is 0 Å². The van der Waals surface area contributed by atoms with Gasteiger partial charge in [0.2, 0.25) is 11.8 Å². The van der Waals surface area contributed by atoms with Crippen molar-refractivity contribution >= 4 is 11.8 Å². The average molecular weight is 298 g/mol. The number of likely N-dealkylation sites (tertiary alicyclic amines) is 1. The third-order valence-corrected chi connectivity index (χ3v) is 4.40. The minimum Gasteiger partial charge on any atom is -0.382 e. The minimum atomic E-state index is -0.408. The highest BCUT2D eigenvalue weighted by Crippen LogP contribution is 2.27. The number of methoxy groups -OCH3 is 2. The molecule has 120 valence electrons. The van der Waals surface area contributed by atoms with Gasteiger partial charge in [-0.1, -0.05) is 19.3 Å². The summed E-state index contributed by atoms with van der Waals surface area (Å²) in [7, 11) is 3.22. The molecule has 0 spiro atoms. The van der Waals surface area contributed by atoms with E-state index in [1.165, 1.54) is 11.3 Å².